The predicted molar refractivity (Wildman–Crippen MR) is 72.2 cm³/mol. The van der Waals surface area contributed by atoms with Crippen molar-refractivity contribution in [2.24, 2.45) is 0 Å². The topological polar surface area (TPSA) is 67.1 Å². The Balaban J connectivity index is 3.12. The fourth-order valence-corrected chi connectivity index (χ4v) is 1.45. The van der Waals surface area contributed by atoms with E-state index >= 15 is 0 Å². The van der Waals surface area contributed by atoms with Crippen molar-refractivity contribution in [2.45, 2.75) is 32.7 Å². The summed E-state index contributed by atoms with van der Waals surface area (Å²) in [5.74, 6) is -0.112. The van der Waals surface area contributed by atoms with E-state index in [0.717, 1.165) is 12.1 Å². The maximum absolute atomic E-state index is 11.7. The molecule has 0 atom stereocenters. The van der Waals surface area contributed by atoms with Crippen LogP contribution in [0.2, 0.25) is 0 Å². The van der Waals surface area contributed by atoms with E-state index < -0.39 is 0 Å². The van der Waals surface area contributed by atoms with Crippen LogP contribution in [0.1, 0.15) is 37.6 Å². The van der Waals surface area contributed by atoms with E-state index in [9.17, 15) is 4.79 Å². The van der Waals surface area contributed by atoms with Crippen molar-refractivity contribution in [3.05, 3.63) is 23.8 Å². The lowest BCUT2D eigenvalue weighted by Gasteiger charge is -2.27. The Morgan fingerprint density at radius 3 is 2.59 bits per heavy atom. The van der Waals surface area contributed by atoms with E-state index in [1.54, 1.807) is 25.2 Å². The summed E-state index contributed by atoms with van der Waals surface area (Å²) in [6.45, 7) is 6.27. The minimum Gasteiger partial charge on any atom is -0.399 e. The molecule has 0 unspecified atom stereocenters. The van der Waals surface area contributed by atoms with Gasteiger partial charge in [-0.3, -0.25) is 4.79 Å². The first-order chi connectivity index (χ1) is 7.89. The number of carbonyl (C=O) groups excluding carboxylic acids is 1. The number of benzene rings is 1. The van der Waals surface area contributed by atoms with Crippen LogP contribution in [0.4, 0.5) is 11.4 Å². The molecule has 4 heteroatoms. The summed E-state index contributed by atoms with van der Waals surface area (Å²) in [6.07, 6.45) is 0.953. The normalized spacial score (nSPS) is 11.1. The molecule has 1 amide bonds. The number of rotatable bonds is 4. The monoisotopic (exact) mass is 235 g/mol. The largest absolute Gasteiger partial charge is 0.399 e. The molecular weight excluding hydrogens is 214 g/mol. The van der Waals surface area contributed by atoms with Crippen LogP contribution < -0.4 is 16.4 Å². The highest BCUT2D eigenvalue weighted by molar-refractivity contribution is 6.00. The Labute approximate surface area is 103 Å². The third-order valence-electron chi connectivity index (χ3n) is 2.87. The number of hydrogen-bond acceptors (Lipinski definition) is 3. The second kappa shape index (κ2) is 5.08. The van der Waals surface area contributed by atoms with Crippen LogP contribution in [0.25, 0.3) is 0 Å². The second-order valence-corrected chi connectivity index (χ2v) is 4.75. The Hall–Kier alpha value is -1.71. The smallest absolute Gasteiger partial charge is 0.253 e. The molecule has 0 saturated heterocycles. The van der Waals surface area contributed by atoms with Gasteiger partial charge in [-0.1, -0.05) is 6.92 Å². The lowest BCUT2D eigenvalue weighted by molar-refractivity contribution is 0.0964. The summed E-state index contributed by atoms with van der Waals surface area (Å²) < 4.78 is 0. The zero-order valence-corrected chi connectivity index (χ0v) is 10.9. The molecule has 0 aliphatic rings. The molecule has 4 N–H and O–H groups in total. The summed E-state index contributed by atoms with van der Waals surface area (Å²) >= 11 is 0. The minimum absolute atomic E-state index is 0.0729. The van der Waals surface area contributed by atoms with Gasteiger partial charge < -0.3 is 16.4 Å². The van der Waals surface area contributed by atoms with E-state index in [1.165, 1.54) is 0 Å². The number of anilines is 2. The van der Waals surface area contributed by atoms with Gasteiger partial charge in [-0.05, 0) is 38.5 Å². The summed E-state index contributed by atoms with van der Waals surface area (Å²) in [7, 11) is 1.62. The molecule has 0 radical (unpaired) electrons. The molecule has 0 aliphatic heterocycles. The van der Waals surface area contributed by atoms with Crippen LogP contribution in [0, 0.1) is 0 Å². The highest BCUT2D eigenvalue weighted by atomic mass is 16.1. The van der Waals surface area contributed by atoms with Gasteiger partial charge in [0.2, 0.25) is 0 Å². The van der Waals surface area contributed by atoms with Gasteiger partial charge in [0.25, 0.3) is 5.91 Å². The van der Waals surface area contributed by atoms with Gasteiger partial charge in [-0.25, -0.2) is 0 Å². The quantitative estimate of drug-likeness (QED) is 0.701. The van der Waals surface area contributed by atoms with Gasteiger partial charge in [0.15, 0.2) is 0 Å². The maximum Gasteiger partial charge on any atom is 0.253 e. The van der Waals surface area contributed by atoms with Crippen LogP contribution in [0.15, 0.2) is 18.2 Å². The molecule has 0 fully saturated rings. The van der Waals surface area contributed by atoms with Crippen molar-refractivity contribution < 1.29 is 4.79 Å². The molecule has 0 aliphatic carbocycles. The Bertz CT molecular complexity index is 413. The average Bonchev–Trinajstić information content (AvgIpc) is 2.28. The number of nitrogens with two attached hydrogens (primary N) is 1. The maximum atomic E-state index is 11.7. The lowest BCUT2D eigenvalue weighted by atomic mass is 10.00. The van der Waals surface area contributed by atoms with E-state index in [2.05, 4.69) is 31.4 Å². The molecule has 1 aromatic carbocycles. The second-order valence-electron chi connectivity index (χ2n) is 4.75. The van der Waals surface area contributed by atoms with Crippen molar-refractivity contribution in [2.75, 3.05) is 18.1 Å². The van der Waals surface area contributed by atoms with E-state index in [0.29, 0.717) is 11.3 Å². The molecule has 1 rings (SSSR count). The van der Waals surface area contributed by atoms with Crippen molar-refractivity contribution in [1.82, 2.24) is 5.32 Å². The van der Waals surface area contributed by atoms with Crippen LogP contribution in [-0.2, 0) is 0 Å². The first kappa shape index (κ1) is 13.4. The average molecular weight is 235 g/mol. The molecule has 4 nitrogen and oxygen atoms in total. The molecular formula is C13H21N3O. The van der Waals surface area contributed by atoms with Crippen molar-refractivity contribution in [1.29, 1.82) is 0 Å². The van der Waals surface area contributed by atoms with Crippen LogP contribution in [0.5, 0.6) is 0 Å². The molecule has 17 heavy (non-hydrogen) atoms. The zero-order valence-electron chi connectivity index (χ0n) is 10.9. The molecule has 94 valence electrons. The first-order valence-corrected chi connectivity index (χ1v) is 5.79. The molecule has 0 heterocycles. The van der Waals surface area contributed by atoms with E-state index in [-0.39, 0.29) is 11.4 Å². The van der Waals surface area contributed by atoms with E-state index in [4.69, 9.17) is 5.73 Å². The van der Waals surface area contributed by atoms with Gasteiger partial charge in [0, 0.05) is 24.0 Å². The number of carbonyl (C=O) groups is 1. The van der Waals surface area contributed by atoms with Crippen molar-refractivity contribution in [3.63, 3.8) is 0 Å². The fraction of sp³-hybridized carbons (Fsp3) is 0.462. The van der Waals surface area contributed by atoms with Crippen LogP contribution in [0.3, 0.4) is 0 Å². The van der Waals surface area contributed by atoms with Gasteiger partial charge in [0.05, 0.1) is 5.56 Å². The van der Waals surface area contributed by atoms with Crippen LogP contribution in [-0.4, -0.2) is 18.5 Å². The molecule has 1 aromatic rings. The molecule has 0 bridgehead atoms. The molecule has 0 aromatic heterocycles. The van der Waals surface area contributed by atoms with Crippen molar-refractivity contribution in [3.8, 4) is 0 Å². The summed E-state index contributed by atoms with van der Waals surface area (Å²) in [5, 5.41) is 5.98. The Morgan fingerprint density at radius 1 is 1.41 bits per heavy atom. The van der Waals surface area contributed by atoms with Crippen LogP contribution >= 0.6 is 0 Å². The summed E-state index contributed by atoms with van der Waals surface area (Å²) in [6, 6.07) is 5.26. The Morgan fingerprint density at radius 2 is 2.06 bits per heavy atom. The first-order valence-electron chi connectivity index (χ1n) is 5.79. The number of hydrogen-bond donors (Lipinski definition) is 3. The molecule has 0 saturated carbocycles. The summed E-state index contributed by atoms with van der Waals surface area (Å²) in [4.78, 5) is 11.7. The highest BCUT2D eigenvalue weighted by Gasteiger charge is 2.18. The summed E-state index contributed by atoms with van der Waals surface area (Å²) in [5.41, 5.74) is 7.72. The fourth-order valence-electron chi connectivity index (χ4n) is 1.45. The number of nitrogen functional groups attached to an aromatic ring is 1. The highest BCUT2D eigenvalue weighted by Crippen LogP contribution is 2.24. The van der Waals surface area contributed by atoms with Gasteiger partial charge >= 0.3 is 0 Å². The third kappa shape index (κ3) is 3.37. The SMILES string of the molecule is CCC(C)(C)Nc1cc(N)ccc1C(=O)NC. The van der Waals surface area contributed by atoms with E-state index in [1.807, 2.05) is 0 Å². The standard InChI is InChI=1S/C13H21N3O/c1-5-13(2,3)16-11-8-9(14)6-7-10(11)12(17)15-4/h6-8,16H,5,14H2,1-4H3,(H,15,17). The Kier molecular flexibility index (Phi) is 3.99. The minimum atomic E-state index is -0.112. The van der Waals surface area contributed by atoms with Gasteiger partial charge in [-0.2, -0.15) is 0 Å². The van der Waals surface area contributed by atoms with Gasteiger partial charge in [-0.15, -0.1) is 0 Å². The molecule has 0 spiro atoms. The lowest BCUT2D eigenvalue weighted by Crippen LogP contribution is -2.31. The number of nitrogens with one attached hydrogen (secondary N) is 2. The zero-order chi connectivity index (χ0) is 13.1. The van der Waals surface area contributed by atoms with Crippen molar-refractivity contribution >= 4 is 17.3 Å². The number of amides is 1. The predicted octanol–water partition coefficient (Wildman–Crippen LogP) is 2.23. The third-order valence-corrected chi connectivity index (χ3v) is 2.87. The van der Waals surface area contributed by atoms with Gasteiger partial charge in [0.1, 0.15) is 0 Å².